The quantitative estimate of drug-likeness (QED) is 0.924. The van der Waals surface area contributed by atoms with Crippen LogP contribution in [0.25, 0.3) is 0 Å². The van der Waals surface area contributed by atoms with Gasteiger partial charge in [0.2, 0.25) is 5.91 Å². The lowest BCUT2D eigenvalue weighted by Crippen LogP contribution is -2.47. The fraction of sp³-hybridized carbons (Fsp3) is 0.611. The van der Waals surface area contributed by atoms with Crippen LogP contribution in [0.2, 0.25) is 0 Å². The molecule has 1 aromatic carbocycles. The van der Waals surface area contributed by atoms with Gasteiger partial charge in [-0.25, -0.2) is 4.39 Å². The van der Waals surface area contributed by atoms with Crippen LogP contribution in [0.4, 0.5) is 4.39 Å². The Morgan fingerprint density at radius 3 is 2.74 bits per heavy atom. The molecule has 1 amide bonds. The number of hydrogen-bond acceptors (Lipinski definition) is 3. The molecule has 3 aliphatic rings. The van der Waals surface area contributed by atoms with Crippen molar-refractivity contribution < 1.29 is 13.9 Å². The van der Waals surface area contributed by atoms with E-state index in [1.807, 2.05) is 12.1 Å². The zero-order valence-electron chi connectivity index (χ0n) is 13.2. The minimum atomic E-state index is -0.205. The Hall–Kier alpha value is -1.46. The van der Waals surface area contributed by atoms with Crippen LogP contribution in [-0.2, 0) is 16.1 Å². The number of nitrogens with zero attached hydrogens (tertiary/aromatic N) is 1. The molecule has 3 atom stereocenters. The summed E-state index contributed by atoms with van der Waals surface area (Å²) in [6.45, 7) is 2.41. The summed E-state index contributed by atoms with van der Waals surface area (Å²) in [6, 6.07) is 7.04. The van der Waals surface area contributed by atoms with E-state index < -0.39 is 0 Å². The zero-order valence-corrected chi connectivity index (χ0v) is 13.2. The van der Waals surface area contributed by atoms with Crippen LogP contribution in [-0.4, -0.2) is 42.1 Å². The van der Waals surface area contributed by atoms with Crippen LogP contribution >= 0.6 is 0 Å². The summed E-state index contributed by atoms with van der Waals surface area (Å²) >= 11 is 0. The highest BCUT2D eigenvalue weighted by atomic mass is 19.1. The van der Waals surface area contributed by atoms with Crippen molar-refractivity contribution in [2.45, 2.75) is 50.5 Å². The average Bonchev–Trinajstić information content (AvgIpc) is 2.80. The maximum atomic E-state index is 13.0. The van der Waals surface area contributed by atoms with Crippen LogP contribution in [0.15, 0.2) is 24.3 Å². The monoisotopic (exact) mass is 318 g/mol. The highest BCUT2D eigenvalue weighted by molar-refractivity contribution is 5.80. The van der Waals surface area contributed by atoms with E-state index in [2.05, 4.69) is 10.2 Å². The molecule has 0 aromatic heterocycles. The maximum absolute atomic E-state index is 13.0. The Morgan fingerprint density at radius 2 is 2.04 bits per heavy atom. The zero-order chi connectivity index (χ0) is 15.8. The summed E-state index contributed by atoms with van der Waals surface area (Å²) in [6.07, 6.45) is 4.42. The van der Waals surface area contributed by atoms with Gasteiger partial charge in [-0.1, -0.05) is 12.1 Å². The predicted molar refractivity (Wildman–Crippen MR) is 84.2 cm³/mol. The number of ether oxygens (including phenoxy) is 1. The molecule has 0 unspecified atom stereocenters. The van der Waals surface area contributed by atoms with Crippen molar-refractivity contribution in [2.75, 3.05) is 13.1 Å². The largest absolute Gasteiger partial charge is 0.371 e. The van der Waals surface area contributed by atoms with Gasteiger partial charge in [-0.05, 0) is 43.4 Å². The first-order valence-corrected chi connectivity index (χ1v) is 8.60. The second-order valence-corrected chi connectivity index (χ2v) is 7.10. The van der Waals surface area contributed by atoms with Crippen molar-refractivity contribution in [3.8, 4) is 0 Å². The summed E-state index contributed by atoms with van der Waals surface area (Å²) in [5, 5.41) is 3.16. The fourth-order valence-electron chi connectivity index (χ4n) is 3.85. The summed E-state index contributed by atoms with van der Waals surface area (Å²) < 4.78 is 19.0. The normalized spacial score (nSPS) is 30.9. The van der Waals surface area contributed by atoms with Gasteiger partial charge >= 0.3 is 0 Å². The van der Waals surface area contributed by atoms with Gasteiger partial charge in [-0.15, -0.1) is 0 Å². The molecule has 1 aliphatic carbocycles. The third-order valence-electron chi connectivity index (χ3n) is 5.34. The van der Waals surface area contributed by atoms with Crippen molar-refractivity contribution in [1.82, 2.24) is 10.2 Å². The van der Waals surface area contributed by atoms with Gasteiger partial charge in [-0.2, -0.15) is 0 Å². The first-order chi connectivity index (χ1) is 11.2. The van der Waals surface area contributed by atoms with Crippen LogP contribution in [0.3, 0.4) is 0 Å². The third kappa shape index (κ3) is 3.26. The highest BCUT2D eigenvalue weighted by Gasteiger charge is 2.45. The summed E-state index contributed by atoms with van der Waals surface area (Å²) in [5.41, 5.74) is 1.10. The number of amides is 1. The second kappa shape index (κ2) is 6.21. The molecular formula is C18H23FN2O2. The molecule has 3 fully saturated rings. The number of fused-ring (bicyclic) bond motifs is 2. The molecule has 2 bridgehead atoms. The van der Waals surface area contributed by atoms with Gasteiger partial charge in [0.25, 0.3) is 0 Å². The van der Waals surface area contributed by atoms with E-state index in [4.69, 9.17) is 4.74 Å². The molecule has 1 N–H and O–H groups in total. The molecule has 2 heterocycles. The van der Waals surface area contributed by atoms with Crippen LogP contribution in [0.1, 0.15) is 31.2 Å². The van der Waals surface area contributed by atoms with Gasteiger partial charge in [-0.3, -0.25) is 9.69 Å². The number of halogens is 1. The fourth-order valence-corrected chi connectivity index (χ4v) is 3.85. The van der Waals surface area contributed by atoms with Crippen LogP contribution in [0, 0.1) is 11.7 Å². The minimum absolute atomic E-state index is 0.00530. The molecule has 23 heavy (non-hydrogen) atoms. The molecule has 0 spiro atoms. The van der Waals surface area contributed by atoms with Crippen molar-refractivity contribution in [3.63, 3.8) is 0 Å². The summed E-state index contributed by atoms with van der Waals surface area (Å²) in [5.74, 6) is -0.0480. The summed E-state index contributed by atoms with van der Waals surface area (Å²) in [4.78, 5) is 14.8. The molecule has 2 aliphatic heterocycles. The van der Waals surface area contributed by atoms with Crippen LogP contribution in [0.5, 0.6) is 0 Å². The van der Waals surface area contributed by atoms with E-state index in [9.17, 15) is 9.18 Å². The number of likely N-dealkylation sites (tertiary alicyclic amines) is 1. The first-order valence-electron chi connectivity index (χ1n) is 8.60. The number of nitrogens with one attached hydrogen (secondary N) is 1. The molecule has 0 radical (unpaired) electrons. The van der Waals surface area contributed by atoms with Crippen molar-refractivity contribution in [2.24, 2.45) is 5.92 Å². The van der Waals surface area contributed by atoms with Gasteiger partial charge < -0.3 is 10.1 Å². The van der Waals surface area contributed by atoms with Gasteiger partial charge in [0.15, 0.2) is 0 Å². The highest BCUT2D eigenvalue weighted by Crippen LogP contribution is 2.33. The Bertz CT molecular complexity index is 573. The average molecular weight is 318 g/mol. The Kier molecular flexibility index (Phi) is 4.07. The molecule has 2 saturated heterocycles. The number of morpholine rings is 1. The van der Waals surface area contributed by atoms with E-state index >= 15 is 0 Å². The number of rotatable bonds is 4. The summed E-state index contributed by atoms with van der Waals surface area (Å²) in [7, 11) is 0. The second-order valence-electron chi connectivity index (χ2n) is 7.10. The number of benzene rings is 1. The van der Waals surface area contributed by atoms with E-state index in [-0.39, 0.29) is 29.9 Å². The molecule has 4 nitrogen and oxygen atoms in total. The molecule has 1 aromatic rings. The van der Waals surface area contributed by atoms with Crippen molar-refractivity contribution in [3.05, 3.63) is 35.6 Å². The SMILES string of the molecule is O=C(NC1CCC1)[C@H]1C[C@@H]2CN(Cc3ccc(F)cc3)C[C@H]1O2. The molecule has 5 heteroatoms. The predicted octanol–water partition coefficient (Wildman–Crippen LogP) is 2.08. The smallest absolute Gasteiger partial charge is 0.226 e. The number of hydrogen-bond donors (Lipinski definition) is 1. The van der Waals surface area contributed by atoms with E-state index in [0.29, 0.717) is 6.04 Å². The van der Waals surface area contributed by atoms with Gasteiger partial charge in [0.1, 0.15) is 5.82 Å². The molecule has 4 rings (SSSR count). The van der Waals surface area contributed by atoms with Gasteiger partial charge in [0.05, 0.1) is 18.1 Å². The topological polar surface area (TPSA) is 41.6 Å². The lowest BCUT2D eigenvalue weighted by atomic mass is 9.91. The number of carbonyl (C=O) groups is 1. The van der Waals surface area contributed by atoms with Gasteiger partial charge in [0, 0.05) is 25.7 Å². The molecule has 124 valence electrons. The molecular weight excluding hydrogens is 295 g/mol. The van der Waals surface area contributed by atoms with E-state index in [0.717, 1.165) is 44.5 Å². The van der Waals surface area contributed by atoms with E-state index in [1.165, 1.54) is 18.6 Å². The first kappa shape index (κ1) is 15.1. The van der Waals surface area contributed by atoms with Crippen LogP contribution < -0.4 is 5.32 Å². The standard InChI is InChI=1S/C18H23FN2O2/c19-13-6-4-12(5-7-13)9-21-10-15-8-16(17(11-21)23-15)18(22)20-14-2-1-3-14/h4-7,14-17H,1-3,8-11H2,(H,20,22)/t15-,16+,17-/m1/s1. The Balaban J connectivity index is 1.35. The Morgan fingerprint density at radius 1 is 1.26 bits per heavy atom. The molecule has 1 saturated carbocycles. The van der Waals surface area contributed by atoms with Crippen molar-refractivity contribution in [1.29, 1.82) is 0 Å². The minimum Gasteiger partial charge on any atom is -0.371 e. The maximum Gasteiger partial charge on any atom is 0.226 e. The Labute approximate surface area is 136 Å². The number of carbonyl (C=O) groups excluding carboxylic acids is 1. The van der Waals surface area contributed by atoms with E-state index in [1.54, 1.807) is 0 Å². The lowest BCUT2D eigenvalue weighted by molar-refractivity contribution is -0.129. The third-order valence-corrected chi connectivity index (χ3v) is 5.34. The van der Waals surface area contributed by atoms with Crippen molar-refractivity contribution >= 4 is 5.91 Å². The lowest BCUT2D eigenvalue weighted by Gasteiger charge is -2.33.